The zero-order chi connectivity index (χ0) is 19.2. The molecule has 1 aliphatic rings. The van der Waals surface area contributed by atoms with E-state index in [-0.39, 0.29) is 11.5 Å². The maximum atomic E-state index is 14.0. The molecule has 142 valence electrons. The number of benzene rings is 1. The van der Waals surface area contributed by atoms with E-state index in [0.29, 0.717) is 30.6 Å². The van der Waals surface area contributed by atoms with Crippen LogP contribution in [-0.2, 0) is 6.42 Å². The van der Waals surface area contributed by atoms with Gasteiger partial charge in [0.25, 0.3) is 5.91 Å². The number of aryl methyl sites for hydroxylation is 1. The van der Waals surface area contributed by atoms with Crippen LogP contribution in [0.4, 0.5) is 15.9 Å². The molecule has 5 nitrogen and oxygen atoms in total. The summed E-state index contributed by atoms with van der Waals surface area (Å²) in [5, 5.41) is 2.93. The fourth-order valence-electron chi connectivity index (χ4n) is 3.30. The quantitative estimate of drug-likeness (QED) is 0.591. The summed E-state index contributed by atoms with van der Waals surface area (Å²) < 4.78 is 14.0. The smallest absolute Gasteiger partial charge is 0.252 e. The number of nitrogens with zero attached hydrogens (tertiary/aromatic N) is 2. The van der Waals surface area contributed by atoms with Crippen molar-refractivity contribution in [2.24, 2.45) is 0 Å². The number of halogens is 1. The maximum absolute atomic E-state index is 14.0. The van der Waals surface area contributed by atoms with Gasteiger partial charge in [0.2, 0.25) is 0 Å². The van der Waals surface area contributed by atoms with Crippen LogP contribution in [0.25, 0.3) is 0 Å². The molecule has 6 heteroatoms. The summed E-state index contributed by atoms with van der Waals surface area (Å²) >= 11 is 0. The van der Waals surface area contributed by atoms with E-state index in [9.17, 15) is 14.0 Å². The molecule has 27 heavy (non-hydrogen) atoms. The Morgan fingerprint density at radius 2 is 2.19 bits per heavy atom. The molecule has 0 atom stereocenters. The average molecular weight is 369 g/mol. The maximum Gasteiger partial charge on any atom is 0.252 e. The summed E-state index contributed by atoms with van der Waals surface area (Å²) in [6.07, 6.45) is 6.96. The molecule has 0 spiro atoms. The predicted molar refractivity (Wildman–Crippen MR) is 103 cm³/mol. The van der Waals surface area contributed by atoms with E-state index in [0.717, 1.165) is 43.5 Å². The minimum atomic E-state index is -0.544. The van der Waals surface area contributed by atoms with Crippen LogP contribution in [0.15, 0.2) is 30.5 Å². The van der Waals surface area contributed by atoms with E-state index in [1.165, 1.54) is 12.1 Å². The van der Waals surface area contributed by atoms with Crippen molar-refractivity contribution in [2.75, 3.05) is 18.0 Å². The first-order chi connectivity index (χ1) is 13.1. The minimum absolute atomic E-state index is 0.0408. The lowest BCUT2D eigenvalue weighted by atomic mass is 10.0. The van der Waals surface area contributed by atoms with E-state index in [1.54, 1.807) is 12.3 Å². The van der Waals surface area contributed by atoms with Gasteiger partial charge in [0.1, 0.15) is 11.6 Å². The number of rotatable bonds is 7. The molecule has 2 aromatic rings. The highest BCUT2D eigenvalue weighted by Crippen LogP contribution is 2.32. The summed E-state index contributed by atoms with van der Waals surface area (Å²) in [6, 6.07) is 6.43. The molecule has 0 unspecified atom stereocenters. The third kappa shape index (κ3) is 4.32. The topological polar surface area (TPSA) is 62.3 Å². The van der Waals surface area contributed by atoms with Crippen molar-refractivity contribution in [1.82, 2.24) is 10.3 Å². The van der Waals surface area contributed by atoms with Crippen molar-refractivity contribution in [3.63, 3.8) is 0 Å². The van der Waals surface area contributed by atoms with E-state index >= 15 is 0 Å². The lowest BCUT2D eigenvalue weighted by molar-refractivity contribution is 0.0952. The number of hydrogen-bond acceptors (Lipinski definition) is 4. The van der Waals surface area contributed by atoms with Crippen molar-refractivity contribution in [2.45, 2.75) is 39.0 Å². The van der Waals surface area contributed by atoms with Crippen LogP contribution < -0.4 is 10.2 Å². The number of anilines is 2. The van der Waals surface area contributed by atoms with Crippen molar-refractivity contribution in [1.29, 1.82) is 0 Å². The number of pyridine rings is 1. The standard InChI is InChI=1S/C21H24FN3O2/c1-2-3-4-9-23-21(27)17-11-15-6-5-10-25(20(15)24-13-17)18-8-7-16(14-26)19(22)12-18/h7-8,11-14H,2-6,9-10H2,1H3,(H,23,27). The molecular formula is C21H24FN3O2. The zero-order valence-electron chi connectivity index (χ0n) is 15.5. The Balaban J connectivity index is 1.79. The molecule has 0 bridgehead atoms. The van der Waals surface area contributed by atoms with Gasteiger partial charge in [-0.1, -0.05) is 19.8 Å². The van der Waals surface area contributed by atoms with Crippen LogP contribution in [-0.4, -0.2) is 30.3 Å². The number of carbonyl (C=O) groups excluding carboxylic acids is 2. The summed E-state index contributed by atoms with van der Waals surface area (Å²) in [4.78, 5) is 29.6. The monoisotopic (exact) mass is 369 g/mol. The molecule has 0 aliphatic carbocycles. The van der Waals surface area contributed by atoms with Gasteiger partial charge in [0, 0.05) is 25.0 Å². The number of nitrogens with one attached hydrogen (secondary N) is 1. The fourth-order valence-corrected chi connectivity index (χ4v) is 3.30. The molecule has 1 aromatic heterocycles. The summed E-state index contributed by atoms with van der Waals surface area (Å²) in [5.41, 5.74) is 2.22. The second-order valence-corrected chi connectivity index (χ2v) is 6.75. The number of unbranched alkanes of at least 4 members (excludes halogenated alkanes) is 2. The molecule has 1 aliphatic heterocycles. The molecular weight excluding hydrogens is 345 g/mol. The average Bonchev–Trinajstić information content (AvgIpc) is 2.70. The van der Waals surface area contributed by atoms with Gasteiger partial charge in [-0.2, -0.15) is 0 Å². The SMILES string of the molecule is CCCCCNC(=O)c1cnc2c(c1)CCCN2c1ccc(C=O)c(F)c1. The first-order valence-electron chi connectivity index (χ1n) is 9.43. The second-order valence-electron chi connectivity index (χ2n) is 6.75. The third-order valence-electron chi connectivity index (χ3n) is 4.78. The van der Waals surface area contributed by atoms with Crippen LogP contribution in [0, 0.1) is 5.82 Å². The fraction of sp³-hybridized carbons (Fsp3) is 0.381. The molecule has 0 fully saturated rings. The van der Waals surface area contributed by atoms with Crippen molar-refractivity contribution >= 4 is 23.7 Å². The zero-order valence-corrected chi connectivity index (χ0v) is 15.5. The Kier molecular flexibility index (Phi) is 6.16. The highest BCUT2D eigenvalue weighted by Gasteiger charge is 2.22. The van der Waals surface area contributed by atoms with E-state index in [1.807, 2.05) is 11.0 Å². The Labute approximate surface area is 158 Å². The van der Waals surface area contributed by atoms with Gasteiger partial charge >= 0.3 is 0 Å². The minimum Gasteiger partial charge on any atom is -0.352 e. The first-order valence-corrected chi connectivity index (χ1v) is 9.43. The van der Waals surface area contributed by atoms with Gasteiger partial charge < -0.3 is 10.2 Å². The lowest BCUT2D eigenvalue weighted by Crippen LogP contribution is -2.28. The number of fused-ring (bicyclic) bond motifs is 1. The summed E-state index contributed by atoms with van der Waals surface area (Å²) in [6.45, 7) is 3.50. The largest absolute Gasteiger partial charge is 0.352 e. The molecule has 0 radical (unpaired) electrons. The van der Waals surface area contributed by atoms with Crippen LogP contribution in [0.3, 0.4) is 0 Å². The van der Waals surface area contributed by atoms with Crippen LogP contribution in [0.2, 0.25) is 0 Å². The van der Waals surface area contributed by atoms with E-state index < -0.39 is 5.82 Å². The van der Waals surface area contributed by atoms with E-state index in [4.69, 9.17) is 0 Å². The van der Waals surface area contributed by atoms with Crippen molar-refractivity contribution < 1.29 is 14.0 Å². The number of amides is 1. The Hall–Kier alpha value is -2.76. The highest BCUT2D eigenvalue weighted by molar-refractivity contribution is 5.94. The van der Waals surface area contributed by atoms with Crippen LogP contribution in [0.5, 0.6) is 0 Å². The molecule has 2 heterocycles. The molecule has 0 saturated carbocycles. The normalized spacial score (nSPS) is 13.2. The van der Waals surface area contributed by atoms with Gasteiger partial charge in [-0.15, -0.1) is 0 Å². The van der Waals surface area contributed by atoms with Crippen LogP contribution in [0.1, 0.15) is 58.9 Å². The molecule has 3 rings (SSSR count). The summed E-state index contributed by atoms with van der Waals surface area (Å²) in [7, 11) is 0. The number of aromatic nitrogens is 1. The summed E-state index contributed by atoms with van der Waals surface area (Å²) in [5.74, 6) is 0.0830. The Morgan fingerprint density at radius 3 is 2.93 bits per heavy atom. The molecule has 1 N–H and O–H groups in total. The number of aldehydes is 1. The third-order valence-corrected chi connectivity index (χ3v) is 4.78. The molecule has 0 saturated heterocycles. The van der Waals surface area contributed by atoms with Gasteiger partial charge in [-0.3, -0.25) is 9.59 Å². The second kappa shape index (κ2) is 8.75. The lowest BCUT2D eigenvalue weighted by Gasteiger charge is -2.30. The highest BCUT2D eigenvalue weighted by atomic mass is 19.1. The van der Waals surface area contributed by atoms with Crippen molar-refractivity contribution in [3.8, 4) is 0 Å². The van der Waals surface area contributed by atoms with Crippen LogP contribution >= 0.6 is 0 Å². The van der Waals surface area contributed by atoms with Gasteiger partial charge in [-0.05, 0) is 49.1 Å². The molecule has 1 amide bonds. The van der Waals surface area contributed by atoms with E-state index in [2.05, 4.69) is 17.2 Å². The van der Waals surface area contributed by atoms with Crippen molar-refractivity contribution in [3.05, 3.63) is 53.0 Å². The number of hydrogen-bond donors (Lipinski definition) is 1. The van der Waals surface area contributed by atoms with Gasteiger partial charge in [-0.25, -0.2) is 9.37 Å². The first kappa shape index (κ1) is 19.0. The predicted octanol–water partition coefficient (Wildman–Crippen LogP) is 4.04. The number of carbonyl (C=O) groups is 2. The Morgan fingerprint density at radius 1 is 1.33 bits per heavy atom. The molecule has 1 aromatic carbocycles. The van der Waals surface area contributed by atoms with Gasteiger partial charge in [0.05, 0.1) is 11.1 Å². The van der Waals surface area contributed by atoms with Gasteiger partial charge in [0.15, 0.2) is 6.29 Å². The Bertz CT molecular complexity index is 838.